The second-order valence-corrected chi connectivity index (χ2v) is 3.38. The second kappa shape index (κ2) is 5.25. The zero-order chi connectivity index (χ0) is 12.1. The standard InChI is InChI=1S/C11H12FNO3/c1-7(14)13-10(6-11(15)16)8-2-4-9(12)5-3-8/h2-5,10H,6H2,1H3,(H,13,14)(H,15,16)/p-1/t10-/m0/s1. The molecule has 0 fully saturated rings. The van der Waals surface area contributed by atoms with Crippen molar-refractivity contribution in [2.75, 3.05) is 0 Å². The highest BCUT2D eigenvalue weighted by Crippen LogP contribution is 2.16. The highest BCUT2D eigenvalue weighted by atomic mass is 19.1. The fourth-order valence-electron chi connectivity index (χ4n) is 1.36. The van der Waals surface area contributed by atoms with Crippen molar-refractivity contribution in [1.29, 1.82) is 0 Å². The van der Waals surface area contributed by atoms with Crippen LogP contribution in [0.5, 0.6) is 0 Å². The van der Waals surface area contributed by atoms with E-state index in [9.17, 15) is 19.1 Å². The molecule has 86 valence electrons. The summed E-state index contributed by atoms with van der Waals surface area (Å²) in [5, 5.41) is 13.0. The molecule has 0 aromatic heterocycles. The van der Waals surface area contributed by atoms with E-state index in [1.165, 1.54) is 31.2 Å². The van der Waals surface area contributed by atoms with Crippen LogP contribution in [0.2, 0.25) is 0 Å². The van der Waals surface area contributed by atoms with Crippen molar-refractivity contribution in [3.8, 4) is 0 Å². The molecule has 1 rings (SSSR count). The summed E-state index contributed by atoms with van der Waals surface area (Å²) in [5.41, 5.74) is 0.529. The van der Waals surface area contributed by atoms with Gasteiger partial charge in [-0.2, -0.15) is 0 Å². The number of carbonyl (C=O) groups excluding carboxylic acids is 2. The van der Waals surface area contributed by atoms with Gasteiger partial charge < -0.3 is 15.2 Å². The third-order valence-electron chi connectivity index (χ3n) is 2.02. The van der Waals surface area contributed by atoms with Gasteiger partial charge in [-0.25, -0.2) is 4.39 Å². The first kappa shape index (κ1) is 12.2. The highest BCUT2D eigenvalue weighted by molar-refractivity contribution is 5.74. The van der Waals surface area contributed by atoms with Crippen molar-refractivity contribution in [1.82, 2.24) is 5.32 Å². The summed E-state index contributed by atoms with van der Waals surface area (Å²) in [6.45, 7) is 1.28. The van der Waals surface area contributed by atoms with E-state index in [0.717, 1.165) is 0 Å². The molecule has 0 radical (unpaired) electrons. The Hall–Kier alpha value is -1.91. The Morgan fingerprint density at radius 2 is 1.94 bits per heavy atom. The Morgan fingerprint density at radius 3 is 2.38 bits per heavy atom. The summed E-state index contributed by atoms with van der Waals surface area (Å²) >= 11 is 0. The van der Waals surface area contributed by atoms with Gasteiger partial charge >= 0.3 is 0 Å². The van der Waals surface area contributed by atoms with Crippen molar-refractivity contribution in [2.24, 2.45) is 0 Å². The number of hydrogen-bond donors (Lipinski definition) is 1. The monoisotopic (exact) mass is 224 g/mol. The molecular weight excluding hydrogens is 213 g/mol. The van der Waals surface area contributed by atoms with Gasteiger partial charge in [-0.1, -0.05) is 12.1 Å². The lowest BCUT2D eigenvalue weighted by atomic mass is 10.0. The van der Waals surface area contributed by atoms with Crippen LogP contribution in [0.1, 0.15) is 24.9 Å². The van der Waals surface area contributed by atoms with E-state index in [4.69, 9.17) is 0 Å². The number of nitrogens with one attached hydrogen (secondary N) is 1. The molecule has 0 spiro atoms. The molecule has 1 N–H and O–H groups in total. The smallest absolute Gasteiger partial charge is 0.217 e. The maximum absolute atomic E-state index is 12.7. The molecule has 0 unspecified atom stereocenters. The van der Waals surface area contributed by atoms with E-state index in [1.54, 1.807) is 0 Å². The maximum Gasteiger partial charge on any atom is 0.217 e. The number of carbonyl (C=O) groups is 2. The van der Waals surface area contributed by atoms with Crippen LogP contribution < -0.4 is 10.4 Å². The Balaban J connectivity index is 2.86. The average molecular weight is 224 g/mol. The number of halogens is 1. The minimum atomic E-state index is -1.27. The van der Waals surface area contributed by atoms with E-state index in [1.807, 2.05) is 0 Å². The van der Waals surface area contributed by atoms with Gasteiger partial charge in [0.05, 0.1) is 6.04 Å². The first-order valence-electron chi connectivity index (χ1n) is 4.71. The Morgan fingerprint density at radius 1 is 1.38 bits per heavy atom. The lowest BCUT2D eigenvalue weighted by Crippen LogP contribution is -2.33. The summed E-state index contributed by atoms with van der Waals surface area (Å²) < 4.78 is 12.7. The van der Waals surface area contributed by atoms with Gasteiger partial charge in [-0.05, 0) is 17.7 Å². The number of rotatable bonds is 4. The summed E-state index contributed by atoms with van der Waals surface area (Å²) in [4.78, 5) is 21.4. The van der Waals surface area contributed by atoms with Crippen LogP contribution in [-0.2, 0) is 9.59 Å². The van der Waals surface area contributed by atoms with E-state index >= 15 is 0 Å². The molecular formula is C11H11FNO3-. The summed E-state index contributed by atoms with van der Waals surface area (Å²) in [5.74, 6) is -2.04. The topological polar surface area (TPSA) is 69.2 Å². The van der Waals surface area contributed by atoms with Gasteiger partial charge in [-0.3, -0.25) is 4.79 Å². The molecule has 4 nitrogen and oxygen atoms in total. The molecule has 1 aromatic rings. The largest absolute Gasteiger partial charge is 0.550 e. The van der Waals surface area contributed by atoms with Crippen LogP contribution in [-0.4, -0.2) is 11.9 Å². The SMILES string of the molecule is CC(=O)N[C@@H](CC(=O)[O-])c1ccc(F)cc1. The number of hydrogen-bond acceptors (Lipinski definition) is 3. The van der Waals surface area contributed by atoms with Crippen LogP contribution in [0.3, 0.4) is 0 Å². The van der Waals surface area contributed by atoms with Gasteiger partial charge in [-0.15, -0.1) is 0 Å². The number of amides is 1. The first-order chi connectivity index (χ1) is 7.49. The van der Waals surface area contributed by atoms with Gasteiger partial charge in [0.15, 0.2) is 0 Å². The molecule has 16 heavy (non-hydrogen) atoms. The Labute approximate surface area is 92.1 Å². The van der Waals surface area contributed by atoms with Gasteiger partial charge in [0.25, 0.3) is 0 Å². The molecule has 1 atom stereocenters. The molecule has 0 aliphatic carbocycles. The number of aliphatic carboxylic acids is 1. The maximum atomic E-state index is 12.7. The van der Waals surface area contributed by atoms with Crippen LogP contribution in [0.4, 0.5) is 4.39 Å². The summed E-state index contributed by atoms with van der Waals surface area (Å²) in [7, 11) is 0. The fraction of sp³-hybridized carbons (Fsp3) is 0.273. The molecule has 0 saturated heterocycles. The van der Waals surface area contributed by atoms with E-state index in [-0.39, 0.29) is 12.3 Å². The fourth-order valence-corrected chi connectivity index (χ4v) is 1.36. The minimum Gasteiger partial charge on any atom is -0.550 e. The zero-order valence-corrected chi connectivity index (χ0v) is 8.70. The average Bonchev–Trinajstić information content (AvgIpc) is 2.16. The summed E-state index contributed by atoms with van der Waals surface area (Å²) in [6.07, 6.45) is -0.342. The predicted molar refractivity (Wildman–Crippen MR) is 52.6 cm³/mol. The third kappa shape index (κ3) is 3.68. The lowest BCUT2D eigenvalue weighted by Gasteiger charge is -2.18. The van der Waals surface area contributed by atoms with E-state index in [0.29, 0.717) is 5.56 Å². The molecule has 0 aliphatic heterocycles. The van der Waals surface area contributed by atoms with E-state index in [2.05, 4.69) is 5.32 Å². The molecule has 0 aliphatic rings. The van der Waals surface area contributed by atoms with Crippen molar-refractivity contribution in [3.05, 3.63) is 35.6 Å². The normalized spacial score (nSPS) is 11.9. The first-order valence-corrected chi connectivity index (χ1v) is 4.71. The van der Waals surface area contributed by atoms with Gasteiger partial charge in [0, 0.05) is 19.3 Å². The van der Waals surface area contributed by atoms with Crippen molar-refractivity contribution in [2.45, 2.75) is 19.4 Å². The summed E-state index contributed by atoms with van der Waals surface area (Å²) in [6, 6.07) is 4.58. The zero-order valence-electron chi connectivity index (χ0n) is 8.70. The van der Waals surface area contributed by atoms with E-state index < -0.39 is 17.8 Å². The van der Waals surface area contributed by atoms with Crippen LogP contribution in [0.25, 0.3) is 0 Å². The Kier molecular flexibility index (Phi) is 3.99. The molecule has 1 amide bonds. The number of carboxylic acid groups (broad SMARTS) is 1. The number of benzene rings is 1. The molecule has 1 aromatic carbocycles. The second-order valence-electron chi connectivity index (χ2n) is 3.38. The molecule has 0 heterocycles. The highest BCUT2D eigenvalue weighted by Gasteiger charge is 2.12. The molecule has 5 heteroatoms. The Bertz CT molecular complexity index is 373. The van der Waals surface area contributed by atoms with Gasteiger partial charge in [0.2, 0.25) is 5.91 Å². The van der Waals surface area contributed by atoms with Crippen LogP contribution >= 0.6 is 0 Å². The minimum absolute atomic E-state index is 0.342. The van der Waals surface area contributed by atoms with Crippen molar-refractivity contribution < 1.29 is 19.1 Å². The molecule has 0 saturated carbocycles. The van der Waals surface area contributed by atoms with Crippen LogP contribution in [0, 0.1) is 5.82 Å². The molecule has 0 bridgehead atoms. The van der Waals surface area contributed by atoms with Crippen molar-refractivity contribution in [3.63, 3.8) is 0 Å². The number of carboxylic acids is 1. The quantitative estimate of drug-likeness (QED) is 0.791. The lowest BCUT2D eigenvalue weighted by molar-refractivity contribution is -0.306. The third-order valence-corrected chi connectivity index (χ3v) is 2.02. The van der Waals surface area contributed by atoms with Gasteiger partial charge in [0.1, 0.15) is 5.82 Å². The van der Waals surface area contributed by atoms with Crippen molar-refractivity contribution >= 4 is 11.9 Å². The predicted octanol–water partition coefficient (Wildman–Crippen LogP) is 0.143. The van der Waals surface area contributed by atoms with Crippen LogP contribution in [0.15, 0.2) is 24.3 Å².